The van der Waals surface area contributed by atoms with E-state index in [1.165, 1.54) is 45.3 Å². The standard InChI is InChI=1S/C20H25N3O5S/c1-5-20(2,19(21)25)22-18(24)14-10-12-15(13-11-14)29(26,27)23(3)16-8-6-7-9-17(16)28-4/h6-13H,5H2,1-4H3,(H2,21,25)(H,22,24). The molecule has 3 N–H and O–H groups in total. The Morgan fingerprint density at radius 1 is 1.14 bits per heavy atom. The van der Waals surface area contributed by atoms with Gasteiger partial charge in [0.25, 0.3) is 15.9 Å². The van der Waals surface area contributed by atoms with Crippen LogP contribution in [-0.4, -0.2) is 39.9 Å². The van der Waals surface area contributed by atoms with Crippen molar-refractivity contribution in [3.8, 4) is 5.75 Å². The lowest BCUT2D eigenvalue weighted by Crippen LogP contribution is -2.54. The van der Waals surface area contributed by atoms with E-state index in [4.69, 9.17) is 10.5 Å². The van der Waals surface area contributed by atoms with Gasteiger partial charge in [0.2, 0.25) is 5.91 Å². The second kappa shape index (κ2) is 8.52. The van der Waals surface area contributed by atoms with Crippen molar-refractivity contribution in [3.05, 3.63) is 54.1 Å². The lowest BCUT2D eigenvalue weighted by molar-refractivity contribution is -0.123. The normalized spacial score (nSPS) is 13.2. The Labute approximate surface area is 170 Å². The molecule has 1 atom stereocenters. The molecule has 2 aromatic rings. The minimum absolute atomic E-state index is 0.00982. The Morgan fingerprint density at radius 2 is 1.72 bits per heavy atom. The van der Waals surface area contributed by atoms with Crippen molar-refractivity contribution in [1.29, 1.82) is 0 Å². The van der Waals surface area contributed by atoms with Crippen molar-refractivity contribution in [2.45, 2.75) is 30.7 Å². The van der Waals surface area contributed by atoms with Crippen LogP contribution in [0.15, 0.2) is 53.4 Å². The Bertz CT molecular complexity index is 1010. The molecular formula is C20H25N3O5S. The topological polar surface area (TPSA) is 119 Å². The molecule has 1 unspecified atom stereocenters. The Kier molecular flexibility index (Phi) is 6.53. The monoisotopic (exact) mass is 419 g/mol. The first-order valence-corrected chi connectivity index (χ1v) is 10.3. The molecule has 9 heteroatoms. The molecule has 8 nitrogen and oxygen atoms in total. The van der Waals surface area contributed by atoms with Gasteiger partial charge in [-0.1, -0.05) is 19.1 Å². The van der Waals surface area contributed by atoms with Gasteiger partial charge in [-0.2, -0.15) is 0 Å². The number of nitrogens with one attached hydrogen (secondary N) is 1. The SMILES string of the molecule is CCC(C)(NC(=O)c1ccc(S(=O)(=O)N(C)c2ccccc2OC)cc1)C(N)=O. The summed E-state index contributed by atoms with van der Waals surface area (Å²) in [4.78, 5) is 24.0. The van der Waals surface area contributed by atoms with E-state index in [0.717, 1.165) is 4.31 Å². The maximum atomic E-state index is 13.0. The first kappa shape index (κ1) is 22.2. The molecule has 0 spiro atoms. The number of rotatable bonds is 8. The van der Waals surface area contributed by atoms with Crippen LogP contribution < -0.4 is 20.1 Å². The third-order valence-corrected chi connectivity index (χ3v) is 6.63. The van der Waals surface area contributed by atoms with Gasteiger partial charge in [0, 0.05) is 12.6 Å². The number of carbonyl (C=O) groups excluding carboxylic acids is 2. The van der Waals surface area contributed by atoms with Crippen LogP contribution in [0.3, 0.4) is 0 Å². The summed E-state index contributed by atoms with van der Waals surface area (Å²) in [6, 6.07) is 12.2. The van der Waals surface area contributed by atoms with Crippen LogP contribution in [0.1, 0.15) is 30.6 Å². The van der Waals surface area contributed by atoms with Gasteiger partial charge >= 0.3 is 0 Å². The van der Waals surface area contributed by atoms with Gasteiger partial charge in [0.15, 0.2) is 0 Å². The summed E-state index contributed by atoms with van der Waals surface area (Å²) in [6.45, 7) is 3.27. The van der Waals surface area contributed by atoms with Gasteiger partial charge < -0.3 is 15.8 Å². The van der Waals surface area contributed by atoms with Crippen LogP contribution in [0.2, 0.25) is 0 Å². The van der Waals surface area contributed by atoms with Gasteiger partial charge in [-0.3, -0.25) is 13.9 Å². The second-order valence-electron chi connectivity index (χ2n) is 6.67. The highest BCUT2D eigenvalue weighted by Gasteiger charge is 2.31. The summed E-state index contributed by atoms with van der Waals surface area (Å²) < 4.78 is 32.3. The van der Waals surface area contributed by atoms with E-state index in [1.807, 2.05) is 0 Å². The lowest BCUT2D eigenvalue weighted by Gasteiger charge is -2.26. The van der Waals surface area contributed by atoms with Gasteiger partial charge in [-0.25, -0.2) is 8.42 Å². The highest BCUT2D eigenvalue weighted by molar-refractivity contribution is 7.92. The van der Waals surface area contributed by atoms with E-state index >= 15 is 0 Å². The van der Waals surface area contributed by atoms with Crippen molar-refractivity contribution in [3.63, 3.8) is 0 Å². The summed E-state index contributed by atoms with van der Waals surface area (Å²) in [5.41, 5.74) is 4.76. The number of sulfonamides is 1. The van der Waals surface area contributed by atoms with E-state index in [9.17, 15) is 18.0 Å². The fraction of sp³-hybridized carbons (Fsp3) is 0.300. The van der Waals surface area contributed by atoms with Crippen molar-refractivity contribution >= 4 is 27.5 Å². The second-order valence-corrected chi connectivity index (χ2v) is 8.64. The smallest absolute Gasteiger partial charge is 0.264 e. The number of amides is 2. The molecule has 0 aliphatic heterocycles. The summed E-state index contributed by atoms with van der Waals surface area (Å²) >= 11 is 0. The number of nitrogens with two attached hydrogens (primary N) is 1. The molecular weight excluding hydrogens is 394 g/mol. The first-order chi connectivity index (χ1) is 13.6. The molecule has 0 saturated heterocycles. The van der Waals surface area contributed by atoms with Gasteiger partial charge in [0.1, 0.15) is 11.3 Å². The third kappa shape index (κ3) is 4.51. The molecule has 0 aliphatic carbocycles. The number of carbonyl (C=O) groups is 2. The van der Waals surface area contributed by atoms with Crippen LogP contribution >= 0.6 is 0 Å². The Hall–Kier alpha value is -3.07. The first-order valence-electron chi connectivity index (χ1n) is 8.91. The number of para-hydroxylation sites is 2. The third-order valence-electron chi connectivity index (χ3n) is 4.84. The molecule has 2 aromatic carbocycles. The van der Waals surface area contributed by atoms with E-state index in [1.54, 1.807) is 31.2 Å². The van der Waals surface area contributed by atoms with Gasteiger partial charge in [0.05, 0.1) is 17.7 Å². The number of benzene rings is 2. The summed E-state index contributed by atoms with van der Waals surface area (Å²) in [6.07, 6.45) is 0.324. The number of methoxy groups -OCH3 is 1. The highest BCUT2D eigenvalue weighted by Crippen LogP contribution is 2.30. The van der Waals surface area contributed by atoms with E-state index in [2.05, 4.69) is 5.32 Å². The minimum Gasteiger partial charge on any atom is -0.495 e. The zero-order valence-electron chi connectivity index (χ0n) is 16.8. The average molecular weight is 420 g/mol. The zero-order valence-corrected chi connectivity index (χ0v) is 17.6. The molecule has 0 aliphatic rings. The molecule has 0 bridgehead atoms. The molecule has 0 radical (unpaired) electrons. The van der Waals surface area contributed by atoms with E-state index in [-0.39, 0.29) is 10.5 Å². The fourth-order valence-corrected chi connectivity index (χ4v) is 3.81. The molecule has 0 saturated carbocycles. The number of hydrogen-bond acceptors (Lipinski definition) is 5. The van der Waals surface area contributed by atoms with Crippen LogP contribution in [0.4, 0.5) is 5.69 Å². The summed E-state index contributed by atoms with van der Waals surface area (Å²) in [7, 11) is -0.988. The molecule has 0 heterocycles. The Balaban J connectivity index is 2.29. The predicted molar refractivity (Wildman–Crippen MR) is 110 cm³/mol. The lowest BCUT2D eigenvalue weighted by atomic mass is 9.97. The predicted octanol–water partition coefficient (Wildman–Crippen LogP) is 1.90. The number of nitrogens with zero attached hydrogens (tertiary/aromatic N) is 1. The average Bonchev–Trinajstić information content (AvgIpc) is 2.72. The Morgan fingerprint density at radius 3 is 2.24 bits per heavy atom. The van der Waals surface area contributed by atoms with Crippen molar-refractivity contribution in [2.75, 3.05) is 18.5 Å². The molecule has 0 fully saturated rings. The van der Waals surface area contributed by atoms with E-state index in [0.29, 0.717) is 17.9 Å². The van der Waals surface area contributed by atoms with Crippen LogP contribution in [-0.2, 0) is 14.8 Å². The van der Waals surface area contributed by atoms with Crippen molar-refractivity contribution < 1.29 is 22.7 Å². The van der Waals surface area contributed by atoms with Crippen LogP contribution in [0, 0.1) is 0 Å². The van der Waals surface area contributed by atoms with Gasteiger partial charge in [-0.15, -0.1) is 0 Å². The summed E-state index contributed by atoms with van der Waals surface area (Å²) in [5.74, 6) is -0.749. The minimum atomic E-state index is -3.87. The quantitative estimate of drug-likeness (QED) is 0.677. The number of ether oxygens (including phenoxy) is 1. The number of hydrogen-bond donors (Lipinski definition) is 2. The van der Waals surface area contributed by atoms with E-state index < -0.39 is 27.4 Å². The van der Waals surface area contributed by atoms with Gasteiger partial charge in [-0.05, 0) is 49.7 Å². The molecule has 2 rings (SSSR count). The summed E-state index contributed by atoms with van der Waals surface area (Å²) in [5, 5.41) is 2.59. The highest BCUT2D eigenvalue weighted by atomic mass is 32.2. The van der Waals surface area contributed by atoms with Crippen LogP contribution in [0.5, 0.6) is 5.75 Å². The molecule has 0 aromatic heterocycles. The maximum absolute atomic E-state index is 13.0. The zero-order chi connectivity index (χ0) is 21.8. The number of anilines is 1. The maximum Gasteiger partial charge on any atom is 0.264 e. The van der Waals surface area contributed by atoms with Crippen molar-refractivity contribution in [2.24, 2.45) is 5.73 Å². The largest absolute Gasteiger partial charge is 0.495 e. The number of primary amides is 1. The molecule has 2 amide bonds. The van der Waals surface area contributed by atoms with Crippen LogP contribution in [0.25, 0.3) is 0 Å². The molecule has 29 heavy (non-hydrogen) atoms. The van der Waals surface area contributed by atoms with Crippen molar-refractivity contribution in [1.82, 2.24) is 5.32 Å². The fourth-order valence-electron chi connectivity index (χ4n) is 2.60. The molecule has 156 valence electrons.